The van der Waals surface area contributed by atoms with Crippen molar-refractivity contribution in [3.63, 3.8) is 0 Å². The molecule has 0 radical (unpaired) electrons. The number of nitrogens with one attached hydrogen (secondary N) is 1. The van der Waals surface area contributed by atoms with Crippen LogP contribution in [0.3, 0.4) is 0 Å². The van der Waals surface area contributed by atoms with Gasteiger partial charge in [0.15, 0.2) is 0 Å². The van der Waals surface area contributed by atoms with Crippen LogP contribution in [0.4, 0.5) is 5.69 Å². The Kier molecular flexibility index (Phi) is 5.36. The lowest BCUT2D eigenvalue weighted by Gasteiger charge is -2.11. The van der Waals surface area contributed by atoms with Gasteiger partial charge in [0, 0.05) is 6.92 Å². The number of amides is 1. The lowest BCUT2D eigenvalue weighted by atomic mass is 10.3. The van der Waals surface area contributed by atoms with Crippen molar-refractivity contribution in [2.75, 3.05) is 18.5 Å². The molecule has 16 heavy (non-hydrogen) atoms. The highest BCUT2D eigenvalue weighted by Crippen LogP contribution is 2.23. The number of carbonyl (C=O) groups excluding carboxylic acids is 1. The maximum atomic E-state index is 11.0. The lowest BCUT2D eigenvalue weighted by molar-refractivity contribution is -0.114. The van der Waals surface area contributed by atoms with E-state index in [4.69, 9.17) is 10.5 Å². The van der Waals surface area contributed by atoms with Crippen LogP contribution < -0.4 is 15.8 Å². The molecule has 0 fully saturated rings. The second kappa shape index (κ2) is 6.85. The van der Waals surface area contributed by atoms with Crippen LogP contribution in [0.25, 0.3) is 0 Å². The molecule has 0 atom stereocenters. The molecule has 0 spiro atoms. The molecule has 1 aromatic carbocycles. The van der Waals surface area contributed by atoms with E-state index in [2.05, 4.69) is 5.32 Å². The molecule has 4 heteroatoms. The molecule has 0 aromatic heterocycles. The first-order chi connectivity index (χ1) is 7.74. The molecule has 3 N–H and O–H groups in total. The fraction of sp³-hybridized carbons (Fsp3) is 0.417. The third-order valence-corrected chi connectivity index (χ3v) is 2.05. The van der Waals surface area contributed by atoms with Crippen LogP contribution in [-0.2, 0) is 4.79 Å². The summed E-state index contributed by atoms with van der Waals surface area (Å²) in [5.74, 6) is 0.604. The second-order valence-corrected chi connectivity index (χ2v) is 3.52. The SMILES string of the molecule is CC(=O)Nc1ccccc1OCCCCN. The predicted octanol–water partition coefficient (Wildman–Crippen LogP) is 1.76. The summed E-state index contributed by atoms with van der Waals surface area (Å²) in [6.45, 7) is 2.77. The van der Waals surface area contributed by atoms with Crippen LogP contribution in [0.15, 0.2) is 24.3 Å². The van der Waals surface area contributed by atoms with E-state index in [1.165, 1.54) is 6.92 Å². The molecule has 0 heterocycles. The van der Waals surface area contributed by atoms with Gasteiger partial charge in [-0.3, -0.25) is 4.79 Å². The molecule has 0 aliphatic heterocycles. The van der Waals surface area contributed by atoms with E-state index in [1.807, 2.05) is 24.3 Å². The fourth-order valence-corrected chi connectivity index (χ4v) is 1.31. The van der Waals surface area contributed by atoms with Gasteiger partial charge < -0.3 is 15.8 Å². The lowest BCUT2D eigenvalue weighted by Crippen LogP contribution is -2.09. The van der Waals surface area contributed by atoms with Crippen LogP contribution in [0.5, 0.6) is 5.75 Å². The van der Waals surface area contributed by atoms with Crippen molar-refractivity contribution in [2.24, 2.45) is 5.73 Å². The topological polar surface area (TPSA) is 64.3 Å². The molecule has 1 aromatic rings. The zero-order valence-electron chi connectivity index (χ0n) is 9.53. The highest BCUT2D eigenvalue weighted by atomic mass is 16.5. The van der Waals surface area contributed by atoms with E-state index in [0.717, 1.165) is 12.8 Å². The zero-order chi connectivity index (χ0) is 11.8. The number of ether oxygens (including phenoxy) is 1. The first kappa shape index (κ1) is 12.5. The van der Waals surface area contributed by atoms with E-state index < -0.39 is 0 Å². The first-order valence-electron chi connectivity index (χ1n) is 5.43. The van der Waals surface area contributed by atoms with E-state index >= 15 is 0 Å². The van der Waals surface area contributed by atoms with Gasteiger partial charge in [-0.25, -0.2) is 0 Å². The number of anilines is 1. The standard InChI is InChI=1S/C12H18N2O2/c1-10(15)14-11-6-2-3-7-12(11)16-9-5-4-8-13/h2-3,6-7H,4-5,8-9,13H2,1H3,(H,14,15). The average molecular weight is 222 g/mol. The van der Waals surface area contributed by atoms with Gasteiger partial charge in [-0.1, -0.05) is 12.1 Å². The van der Waals surface area contributed by atoms with Gasteiger partial charge in [0.05, 0.1) is 12.3 Å². The number of hydrogen-bond acceptors (Lipinski definition) is 3. The first-order valence-corrected chi connectivity index (χ1v) is 5.43. The summed E-state index contributed by atoms with van der Waals surface area (Å²) in [5, 5.41) is 2.73. The minimum Gasteiger partial charge on any atom is -0.491 e. The van der Waals surface area contributed by atoms with Crippen molar-refractivity contribution in [3.8, 4) is 5.75 Å². The minimum absolute atomic E-state index is 0.0991. The molecule has 0 aliphatic carbocycles. The monoisotopic (exact) mass is 222 g/mol. The van der Waals surface area contributed by atoms with Gasteiger partial charge in [-0.2, -0.15) is 0 Å². The van der Waals surface area contributed by atoms with Gasteiger partial charge in [0.25, 0.3) is 0 Å². The Morgan fingerprint density at radius 1 is 1.38 bits per heavy atom. The number of unbranched alkanes of at least 4 members (excludes halogenated alkanes) is 1. The Morgan fingerprint density at radius 2 is 2.12 bits per heavy atom. The molecule has 1 amide bonds. The predicted molar refractivity (Wildman–Crippen MR) is 64.5 cm³/mol. The quantitative estimate of drug-likeness (QED) is 0.721. The number of para-hydroxylation sites is 2. The molecule has 0 bridgehead atoms. The fourth-order valence-electron chi connectivity index (χ4n) is 1.31. The van der Waals surface area contributed by atoms with E-state index in [1.54, 1.807) is 0 Å². The van der Waals surface area contributed by atoms with Crippen molar-refractivity contribution in [3.05, 3.63) is 24.3 Å². The molecule has 4 nitrogen and oxygen atoms in total. The van der Waals surface area contributed by atoms with Crippen LogP contribution >= 0.6 is 0 Å². The van der Waals surface area contributed by atoms with E-state index in [-0.39, 0.29) is 5.91 Å². The second-order valence-electron chi connectivity index (χ2n) is 3.52. The van der Waals surface area contributed by atoms with Crippen molar-refractivity contribution in [1.82, 2.24) is 0 Å². The van der Waals surface area contributed by atoms with E-state index in [9.17, 15) is 4.79 Å². The zero-order valence-corrected chi connectivity index (χ0v) is 9.53. The molecular formula is C12H18N2O2. The Balaban J connectivity index is 2.53. The maximum absolute atomic E-state index is 11.0. The normalized spacial score (nSPS) is 9.88. The Bertz CT molecular complexity index is 340. The van der Waals surface area contributed by atoms with Crippen LogP contribution in [0, 0.1) is 0 Å². The Hall–Kier alpha value is -1.55. The van der Waals surface area contributed by atoms with Gasteiger partial charge >= 0.3 is 0 Å². The number of carbonyl (C=O) groups is 1. The number of nitrogens with two attached hydrogens (primary N) is 1. The van der Waals surface area contributed by atoms with Gasteiger partial charge in [-0.05, 0) is 31.5 Å². The highest BCUT2D eigenvalue weighted by Gasteiger charge is 2.03. The number of rotatable bonds is 6. The van der Waals surface area contributed by atoms with Crippen molar-refractivity contribution >= 4 is 11.6 Å². The molecule has 0 aliphatic rings. The van der Waals surface area contributed by atoms with Gasteiger partial charge in [-0.15, -0.1) is 0 Å². The summed E-state index contributed by atoms with van der Waals surface area (Å²) in [4.78, 5) is 11.0. The van der Waals surface area contributed by atoms with Crippen LogP contribution in [-0.4, -0.2) is 19.1 Å². The van der Waals surface area contributed by atoms with Crippen LogP contribution in [0.2, 0.25) is 0 Å². The highest BCUT2D eigenvalue weighted by molar-refractivity contribution is 5.90. The van der Waals surface area contributed by atoms with Crippen molar-refractivity contribution < 1.29 is 9.53 Å². The molecule has 0 saturated carbocycles. The third-order valence-electron chi connectivity index (χ3n) is 2.05. The van der Waals surface area contributed by atoms with Gasteiger partial charge in [0.2, 0.25) is 5.91 Å². The van der Waals surface area contributed by atoms with Crippen LogP contribution in [0.1, 0.15) is 19.8 Å². The van der Waals surface area contributed by atoms with Crippen molar-refractivity contribution in [2.45, 2.75) is 19.8 Å². The third kappa shape index (κ3) is 4.31. The molecule has 88 valence electrons. The molecule has 0 saturated heterocycles. The summed E-state index contributed by atoms with van der Waals surface area (Å²) in [7, 11) is 0. The smallest absolute Gasteiger partial charge is 0.221 e. The summed E-state index contributed by atoms with van der Waals surface area (Å²) in [6, 6.07) is 7.40. The van der Waals surface area contributed by atoms with Crippen molar-refractivity contribution in [1.29, 1.82) is 0 Å². The largest absolute Gasteiger partial charge is 0.491 e. The maximum Gasteiger partial charge on any atom is 0.221 e. The minimum atomic E-state index is -0.0991. The number of hydrogen-bond donors (Lipinski definition) is 2. The summed E-state index contributed by atoms with van der Waals surface area (Å²) < 4.78 is 5.57. The molecular weight excluding hydrogens is 204 g/mol. The molecule has 0 unspecified atom stereocenters. The van der Waals surface area contributed by atoms with Gasteiger partial charge in [0.1, 0.15) is 5.75 Å². The Labute approximate surface area is 95.8 Å². The number of benzene rings is 1. The van der Waals surface area contributed by atoms with E-state index in [0.29, 0.717) is 24.6 Å². The Morgan fingerprint density at radius 3 is 2.81 bits per heavy atom. The average Bonchev–Trinajstić information content (AvgIpc) is 2.26. The summed E-state index contributed by atoms with van der Waals surface area (Å²) >= 11 is 0. The summed E-state index contributed by atoms with van der Waals surface area (Å²) in [5.41, 5.74) is 6.10. The molecule has 1 rings (SSSR count). The summed E-state index contributed by atoms with van der Waals surface area (Å²) in [6.07, 6.45) is 1.87.